The van der Waals surface area contributed by atoms with Crippen molar-refractivity contribution in [3.63, 3.8) is 0 Å². The van der Waals surface area contributed by atoms with Crippen LogP contribution >= 0.6 is 27.5 Å². The molecular formula is C13H9BrClFN2O. The first kappa shape index (κ1) is 13.8. The molecule has 0 heterocycles. The fraction of sp³-hybridized carbons (Fsp3) is 0. The summed E-state index contributed by atoms with van der Waals surface area (Å²) in [6.07, 6.45) is 0. The van der Waals surface area contributed by atoms with E-state index in [4.69, 9.17) is 17.3 Å². The molecule has 0 fully saturated rings. The number of carbonyl (C=O) groups excluding carboxylic acids is 1. The molecule has 2 aromatic carbocycles. The van der Waals surface area contributed by atoms with Gasteiger partial charge < -0.3 is 11.1 Å². The molecule has 0 radical (unpaired) electrons. The van der Waals surface area contributed by atoms with Gasteiger partial charge in [0.2, 0.25) is 0 Å². The number of amides is 1. The van der Waals surface area contributed by atoms with E-state index < -0.39 is 11.7 Å². The number of carbonyl (C=O) groups is 1. The fourth-order valence-electron chi connectivity index (χ4n) is 1.56. The molecular weight excluding hydrogens is 335 g/mol. The SMILES string of the molecule is Nc1cccc(Cl)c1NC(=O)c1c(F)cccc1Br. The van der Waals surface area contributed by atoms with Crippen LogP contribution in [0.1, 0.15) is 10.4 Å². The van der Waals surface area contributed by atoms with Crippen LogP contribution in [0.15, 0.2) is 40.9 Å². The lowest BCUT2D eigenvalue weighted by Crippen LogP contribution is -2.16. The molecule has 2 rings (SSSR count). The van der Waals surface area contributed by atoms with E-state index >= 15 is 0 Å². The van der Waals surface area contributed by atoms with E-state index in [1.54, 1.807) is 24.3 Å². The molecule has 0 atom stereocenters. The Morgan fingerprint density at radius 3 is 2.58 bits per heavy atom. The summed E-state index contributed by atoms with van der Waals surface area (Å²) in [6, 6.07) is 9.12. The molecule has 0 aliphatic rings. The van der Waals surface area contributed by atoms with Gasteiger partial charge >= 0.3 is 0 Å². The van der Waals surface area contributed by atoms with Gasteiger partial charge in [-0.3, -0.25) is 4.79 Å². The van der Waals surface area contributed by atoms with Gasteiger partial charge in [0.05, 0.1) is 22.0 Å². The van der Waals surface area contributed by atoms with Crippen molar-refractivity contribution in [1.29, 1.82) is 0 Å². The van der Waals surface area contributed by atoms with E-state index in [1.807, 2.05) is 0 Å². The molecule has 3 nitrogen and oxygen atoms in total. The van der Waals surface area contributed by atoms with Crippen LogP contribution in [-0.2, 0) is 0 Å². The third kappa shape index (κ3) is 2.88. The Labute approximate surface area is 122 Å². The normalized spacial score (nSPS) is 10.3. The lowest BCUT2D eigenvalue weighted by Gasteiger charge is -2.11. The second kappa shape index (κ2) is 5.59. The van der Waals surface area contributed by atoms with Crippen LogP contribution in [0.4, 0.5) is 15.8 Å². The summed E-state index contributed by atoms with van der Waals surface area (Å²) in [5, 5.41) is 2.80. The van der Waals surface area contributed by atoms with Gasteiger partial charge in [-0.2, -0.15) is 0 Å². The highest BCUT2D eigenvalue weighted by Gasteiger charge is 2.17. The summed E-state index contributed by atoms with van der Waals surface area (Å²) >= 11 is 9.07. The van der Waals surface area contributed by atoms with Gasteiger partial charge in [0.15, 0.2) is 0 Å². The van der Waals surface area contributed by atoms with Gasteiger partial charge in [-0.05, 0) is 40.2 Å². The number of nitrogens with one attached hydrogen (secondary N) is 1. The smallest absolute Gasteiger partial charge is 0.259 e. The Morgan fingerprint density at radius 2 is 1.95 bits per heavy atom. The maximum atomic E-state index is 13.6. The Morgan fingerprint density at radius 1 is 1.26 bits per heavy atom. The molecule has 0 aliphatic carbocycles. The van der Waals surface area contributed by atoms with Crippen LogP contribution in [0.2, 0.25) is 5.02 Å². The van der Waals surface area contributed by atoms with Crippen molar-refractivity contribution in [2.24, 2.45) is 0 Å². The Hall–Kier alpha value is -1.59. The van der Waals surface area contributed by atoms with Crippen LogP contribution in [0.25, 0.3) is 0 Å². The molecule has 0 unspecified atom stereocenters. The zero-order valence-corrected chi connectivity index (χ0v) is 11.9. The zero-order valence-electron chi connectivity index (χ0n) is 9.58. The van der Waals surface area contributed by atoms with Crippen molar-refractivity contribution in [3.05, 3.63) is 57.3 Å². The van der Waals surface area contributed by atoms with Crippen molar-refractivity contribution in [3.8, 4) is 0 Å². The van der Waals surface area contributed by atoms with Crippen molar-refractivity contribution >= 4 is 44.8 Å². The van der Waals surface area contributed by atoms with Gasteiger partial charge in [-0.1, -0.05) is 23.7 Å². The van der Waals surface area contributed by atoms with E-state index in [0.29, 0.717) is 15.2 Å². The summed E-state index contributed by atoms with van der Waals surface area (Å²) < 4.78 is 14.0. The average molecular weight is 344 g/mol. The molecule has 19 heavy (non-hydrogen) atoms. The van der Waals surface area contributed by atoms with Gasteiger partial charge in [0.25, 0.3) is 5.91 Å². The number of halogens is 3. The average Bonchev–Trinajstić information content (AvgIpc) is 2.34. The lowest BCUT2D eigenvalue weighted by molar-refractivity contribution is 0.102. The topological polar surface area (TPSA) is 55.1 Å². The summed E-state index contributed by atoms with van der Waals surface area (Å²) in [5.74, 6) is -1.25. The number of hydrogen-bond donors (Lipinski definition) is 2. The first-order chi connectivity index (χ1) is 9.00. The second-order valence-corrected chi connectivity index (χ2v) is 5.02. The first-order valence-electron chi connectivity index (χ1n) is 5.30. The lowest BCUT2D eigenvalue weighted by atomic mass is 10.2. The molecule has 6 heteroatoms. The molecule has 0 aliphatic heterocycles. The van der Waals surface area contributed by atoms with E-state index in [0.717, 1.165) is 0 Å². The summed E-state index contributed by atoms with van der Waals surface area (Å²) in [7, 11) is 0. The maximum Gasteiger partial charge on any atom is 0.259 e. The predicted octanol–water partition coefficient (Wildman–Crippen LogP) is 4.08. The van der Waals surface area contributed by atoms with Gasteiger partial charge in [0.1, 0.15) is 5.82 Å². The van der Waals surface area contributed by atoms with Crippen LogP contribution in [0.5, 0.6) is 0 Å². The summed E-state index contributed by atoms with van der Waals surface area (Å²) in [5.41, 5.74) is 6.20. The molecule has 1 amide bonds. The van der Waals surface area contributed by atoms with Crippen molar-refractivity contribution in [2.45, 2.75) is 0 Å². The highest BCUT2D eigenvalue weighted by atomic mass is 79.9. The van der Waals surface area contributed by atoms with E-state index in [-0.39, 0.29) is 11.3 Å². The molecule has 3 N–H and O–H groups in total. The molecule has 2 aromatic rings. The highest BCUT2D eigenvalue weighted by Crippen LogP contribution is 2.29. The van der Waals surface area contributed by atoms with E-state index in [9.17, 15) is 9.18 Å². The summed E-state index contributed by atoms with van der Waals surface area (Å²) in [6.45, 7) is 0. The minimum Gasteiger partial charge on any atom is -0.397 e. The number of nitrogen functional groups attached to an aromatic ring is 1. The molecule has 0 spiro atoms. The number of anilines is 2. The quantitative estimate of drug-likeness (QED) is 0.807. The molecule has 0 saturated carbocycles. The third-order valence-corrected chi connectivity index (χ3v) is 3.45. The van der Waals surface area contributed by atoms with Crippen molar-refractivity contribution in [1.82, 2.24) is 0 Å². The highest BCUT2D eigenvalue weighted by molar-refractivity contribution is 9.10. The van der Waals surface area contributed by atoms with Crippen molar-refractivity contribution in [2.75, 3.05) is 11.1 Å². The van der Waals surface area contributed by atoms with Crippen LogP contribution < -0.4 is 11.1 Å². The van der Waals surface area contributed by atoms with Crippen LogP contribution in [-0.4, -0.2) is 5.91 Å². The van der Waals surface area contributed by atoms with Gasteiger partial charge in [-0.25, -0.2) is 4.39 Å². The number of benzene rings is 2. The van der Waals surface area contributed by atoms with E-state index in [1.165, 1.54) is 12.1 Å². The number of hydrogen-bond acceptors (Lipinski definition) is 2. The molecule has 98 valence electrons. The largest absolute Gasteiger partial charge is 0.397 e. The Kier molecular flexibility index (Phi) is 4.07. The number of para-hydroxylation sites is 1. The van der Waals surface area contributed by atoms with Gasteiger partial charge in [0, 0.05) is 4.47 Å². The monoisotopic (exact) mass is 342 g/mol. The van der Waals surface area contributed by atoms with Gasteiger partial charge in [-0.15, -0.1) is 0 Å². The second-order valence-electron chi connectivity index (χ2n) is 3.75. The Balaban J connectivity index is 2.37. The summed E-state index contributed by atoms with van der Waals surface area (Å²) in [4.78, 5) is 12.1. The first-order valence-corrected chi connectivity index (χ1v) is 6.47. The predicted molar refractivity (Wildman–Crippen MR) is 77.9 cm³/mol. The van der Waals surface area contributed by atoms with Crippen LogP contribution in [0.3, 0.4) is 0 Å². The number of nitrogens with two attached hydrogens (primary N) is 1. The third-order valence-electron chi connectivity index (χ3n) is 2.47. The standard InChI is InChI=1S/C13H9BrClFN2O/c14-7-3-1-5-9(16)11(7)13(19)18-12-8(15)4-2-6-10(12)17/h1-6H,17H2,(H,18,19). The van der Waals surface area contributed by atoms with Crippen LogP contribution in [0, 0.1) is 5.82 Å². The molecule has 0 bridgehead atoms. The minimum atomic E-state index is -0.627. The Bertz CT molecular complexity index is 608. The fourth-order valence-corrected chi connectivity index (χ4v) is 2.31. The number of rotatable bonds is 2. The van der Waals surface area contributed by atoms with E-state index in [2.05, 4.69) is 21.2 Å². The molecule has 0 aromatic heterocycles. The zero-order chi connectivity index (χ0) is 14.0. The minimum absolute atomic E-state index is 0.0955. The van der Waals surface area contributed by atoms with Crippen molar-refractivity contribution < 1.29 is 9.18 Å². The maximum absolute atomic E-state index is 13.6. The molecule has 0 saturated heterocycles.